The van der Waals surface area contributed by atoms with E-state index in [1.54, 1.807) is 4.90 Å². The Balaban J connectivity index is 2.18. The van der Waals surface area contributed by atoms with Crippen LogP contribution in [0, 0.1) is 0 Å². The number of carbonyl (C=O) groups is 2. The third kappa shape index (κ3) is 1.74. The van der Waals surface area contributed by atoms with Gasteiger partial charge in [-0.25, -0.2) is 4.79 Å². The molecule has 106 valence electrons. The van der Waals surface area contributed by atoms with Crippen molar-refractivity contribution in [1.82, 2.24) is 4.90 Å². The summed E-state index contributed by atoms with van der Waals surface area (Å²) in [6, 6.07) is 7.76. The van der Waals surface area contributed by atoms with Gasteiger partial charge < -0.3 is 10.0 Å². The van der Waals surface area contributed by atoms with Crippen molar-refractivity contribution < 1.29 is 14.7 Å². The van der Waals surface area contributed by atoms with Gasteiger partial charge in [0.25, 0.3) is 0 Å². The third-order valence-electron chi connectivity index (χ3n) is 4.72. The predicted octanol–water partition coefficient (Wildman–Crippen LogP) is 2.48. The van der Waals surface area contributed by atoms with Crippen LogP contribution in [0.25, 0.3) is 0 Å². The number of hydrogen-bond donors (Lipinski definition) is 1. The predicted molar refractivity (Wildman–Crippen MR) is 74.3 cm³/mol. The Kier molecular flexibility index (Phi) is 3.04. The number of benzene rings is 1. The van der Waals surface area contributed by atoms with Crippen LogP contribution in [0.4, 0.5) is 0 Å². The van der Waals surface area contributed by atoms with Gasteiger partial charge in [0.15, 0.2) is 5.54 Å². The quantitative estimate of drug-likeness (QED) is 0.857. The van der Waals surface area contributed by atoms with Crippen molar-refractivity contribution >= 4 is 12.4 Å². The first kappa shape index (κ1) is 13.2. The fourth-order valence-electron chi connectivity index (χ4n) is 3.46. The lowest BCUT2D eigenvalue weighted by Gasteiger charge is -2.44. The van der Waals surface area contributed by atoms with Crippen LogP contribution in [0.15, 0.2) is 24.3 Å². The standard InChI is InChI=1S/C16H19NO3/c1-11-8-9-16(15(19)20,17(10-18)12-6-7-12)14-5-3-2-4-13(11)14/h2-5,10-12H,6-9H2,1H3,(H,19,20). The lowest BCUT2D eigenvalue weighted by atomic mass is 9.71. The number of hydrogen-bond acceptors (Lipinski definition) is 2. The maximum atomic E-state index is 12.1. The van der Waals surface area contributed by atoms with Crippen LogP contribution < -0.4 is 0 Å². The van der Waals surface area contributed by atoms with Crippen LogP contribution in [-0.4, -0.2) is 28.4 Å². The normalized spacial score (nSPS) is 28.6. The van der Waals surface area contributed by atoms with Crippen LogP contribution in [0.5, 0.6) is 0 Å². The molecule has 20 heavy (non-hydrogen) atoms. The number of fused-ring (bicyclic) bond motifs is 1. The summed E-state index contributed by atoms with van der Waals surface area (Å²) in [5, 5.41) is 9.90. The zero-order valence-corrected chi connectivity index (χ0v) is 11.6. The Hall–Kier alpha value is -1.84. The summed E-state index contributed by atoms with van der Waals surface area (Å²) in [6.45, 7) is 2.12. The number of amides is 1. The number of nitrogens with zero attached hydrogens (tertiary/aromatic N) is 1. The summed E-state index contributed by atoms with van der Waals surface area (Å²) >= 11 is 0. The fourth-order valence-corrected chi connectivity index (χ4v) is 3.46. The highest BCUT2D eigenvalue weighted by Gasteiger charge is 2.53. The lowest BCUT2D eigenvalue weighted by Crippen LogP contribution is -2.54. The van der Waals surface area contributed by atoms with Crippen molar-refractivity contribution in [2.45, 2.75) is 50.1 Å². The summed E-state index contributed by atoms with van der Waals surface area (Å²) < 4.78 is 0. The summed E-state index contributed by atoms with van der Waals surface area (Å²) in [5.74, 6) is -0.567. The average Bonchev–Trinajstić information content (AvgIpc) is 3.27. The van der Waals surface area contributed by atoms with E-state index in [1.165, 1.54) is 0 Å². The molecular weight excluding hydrogens is 254 g/mol. The number of aliphatic carboxylic acids is 1. The van der Waals surface area contributed by atoms with Gasteiger partial charge in [-0.2, -0.15) is 0 Å². The summed E-state index contributed by atoms with van der Waals surface area (Å²) in [4.78, 5) is 25.2. The minimum absolute atomic E-state index is 0.0880. The van der Waals surface area contributed by atoms with E-state index in [-0.39, 0.29) is 6.04 Å². The molecule has 2 atom stereocenters. The van der Waals surface area contributed by atoms with E-state index in [9.17, 15) is 14.7 Å². The largest absolute Gasteiger partial charge is 0.479 e. The maximum absolute atomic E-state index is 12.1. The molecule has 2 aliphatic rings. The Morgan fingerprint density at radius 1 is 1.35 bits per heavy atom. The molecule has 0 saturated heterocycles. The van der Waals surface area contributed by atoms with Gasteiger partial charge in [-0.05, 0) is 42.7 Å². The van der Waals surface area contributed by atoms with E-state index in [2.05, 4.69) is 6.92 Å². The minimum Gasteiger partial charge on any atom is -0.479 e. The summed E-state index contributed by atoms with van der Waals surface area (Å²) in [7, 11) is 0. The smallest absolute Gasteiger partial charge is 0.334 e. The van der Waals surface area contributed by atoms with E-state index >= 15 is 0 Å². The molecule has 0 aromatic heterocycles. The highest BCUT2D eigenvalue weighted by molar-refractivity contribution is 5.84. The molecule has 1 aromatic carbocycles. The van der Waals surface area contributed by atoms with Crippen molar-refractivity contribution in [3.8, 4) is 0 Å². The maximum Gasteiger partial charge on any atom is 0.334 e. The van der Waals surface area contributed by atoms with Gasteiger partial charge in [0.1, 0.15) is 0 Å². The molecule has 1 aromatic rings. The second-order valence-corrected chi connectivity index (χ2v) is 5.94. The molecule has 1 N–H and O–H groups in total. The second-order valence-electron chi connectivity index (χ2n) is 5.94. The monoisotopic (exact) mass is 273 g/mol. The first-order chi connectivity index (χ1) is 9.61. The number of carboxylic acids is 1. The van der Waals surface area contributed by atoms with E-state index < -0.39 is 11.5 Å². The average molecular weight is 273 g/mol. The Labute approximate surface area is 118 Å². The van der Waals surface area contributed by atoms with Crippen molar-refractivity contribution in [3.63, 3.8) is 0 Å². The molecule has 0 bridgehead atoms. The first-order valence-corrected chi connectivity index (χ1v) is 7.18. The first-order valence-electron chi connectivity index (χ1n) is 7.18. The van der Waals surface area contributed by atoms with E-state index in [4.69, 9.17) is 0 Å². The Morgan fingerprint density at radius 3 is 2.65 bits per heavy atom. The van der Waals surface area contributed by atoms with Gasteiger partial charge in [0.2, 0.25) is 6.41 Å². The molecule has 0 radical (unpaired) electrons. The third-order valence-corrected chi connectivity index (χ3v) is 4.72. The minimum atomic E-state index is -1.17. The van der Waals surface area contributed by atoms with Crippen LogP contribution in [0.1, 0.15) is 49.7 Å². The second kappa shape index (κ2) is 4.62. The Bertz CT molecular complexity index is 552. The molecule has 2 unspecified atom stereocenters. The fraction of sp³-hybridized carbons (Fsp3) is 0.500. The molecule has 1 saturated carbocycles. The van der Waals surface area contributed by atoms with Crippen LogP contribution >= 0.6 is 0 Å². The van der Waals surface area contributed by atoms with Crippen LogP contribution in [0.3, 0.4) is 0 Å². The summed E-state index contributed by atoms with van der Waals surface area (Å²) in [6.07, 6.45) is 3.84. The zero-order chi connectivity index (χ0) is 14.3. The topological polar surface area (TPSA) is 57.6 Å². The van der Waals surface area contributed by atoms with E-state index in [0.29, 0.717) is 12.3 Å². The Morgan fingerprint density at radius 2 is 2.05 bits per heavy atom. The molecule has 1 amide bonds. The zero-order valence-electron chi connectivity index (χ0n) is 11.6. The number of carbonyl (C=O) groups excluding carboxylic acids is 1. The van der Waals surface area contributed by atoms with Gasteiger partial charge in [0.05, 0.1) is 0 Å². The number of rotatable bonds is 4. The van der Waals surface area contributed by atoms with E-state index in [1.807, 2.05) is 24.3 Å². The highest BCUT2D eigenvalue weighted by Crippen LogP contribution is 2.48. The van der Waals surface area contributed by atoms with Crippen LogP contribution in [0.2, 0.25) is 0 Å². The van der Waals surface area contributed by atoms with Crippen LogP contribution in [-0.2, 0) is 15.1 Å². The molecular formula is C16H19NO3. The lowest BCUT2D eigenvalue weighted by molar-refractivity contribution is -0.158. The molecule has 0 heterocycles. The SMILES string of the molecule is CC1CCC(C(=O)O)(N(C=O)C2CC2)c2ccccc21. The van der Waals surface area contributed by atoms with Crippen molar-refractivity contribution in [1.29, 1.82) is 0 Å². The summed E-state index contributed by atoms with van der Waals surface area (Å²) in [5.41, 5.74) is 0.686. The molecule has 4 heteroatoms. The highest BCUT2D eigenvalue weighted by atomic mass is 16.4. The molecule has 0 spiro atoms. The van der Waals surface area contributed by atoms with Crippen molar-refractivity contribution in [2.75, 3.05) is 0 Å². The molecule has 0 aliphatic heterocycles. The molecule has 3 rings (SSSR count). The number of carboxylic acid groups (broad SMARTS) is 1. The van der Waals surface area contributed by atoms with Gasteiger partial charge in [-0.1, -0.05) is 31.2 Å². The van der Waals surface area contributed by atoms with Gasteiger partial charge in [-0.3, -0.25) is 4.79 Å². The van der Waals surface area contributed by atoms with Gasteiger partial charge in [-0.15, -0.1) is 0 Å². The molecule has 4 nitrogen and oxygen atoms in total. The van der Waals surface area contributed by atoms with Crippen molar-refractivity contribution in [3.05, 3.63) is 35.4 Å². The molecule has 1 fully saturated rings. The van der Waals surface area contributed by atoms with E-state index in [0.717, 1.165) is 36.8 Å². The molecule has 2 aliphatic carbocycles. The van der Waals surface area contributed by atoms with Gasteiger partial charge in [0, 0.05) is 6.04 Å². The van der Waals surface area contributed by atoms with Gasteiger partial charge >= 0.3 is 5.97 Å². The van der Waals surface area contributed by atoms with Crippen molar-refractivity contribution in [2.24, 2.45) is 0 Å².